The van der Waals surface area contributed by atoms with Gasteiger partial charge in [0.1, 0.15) is 4.83 Å². The van der Waals surface area contributed by atoms with Crippen LogP contribution in [0.2, 0.25) is 0 Å². The molecule has 0 amide bonds. The Morgan fingerprint density at radius 1 is 1.32 bits per heavy atom. The van der Waals surface area contributed by atoms with E-state index in [1.165, 1.54) is 11.3 Å². The number of nitrogens with zero attached hydrogens (tertiary/aromatic N) is 5. The molecule has 0 aliphatic heterocycles. The van der Waals surface area contributed by atoms with Crippen molar-refractivity contribution in [3.63, 3.8) is 0 Å². The molecule has 0 spiro atoms. The molecule has 0 aliphatic carbocycles. The zero-order valence-corrected chi connectivity index (χ0v) is 14.3. The average molecular weight is 349 g/mol. The summed E-state index contributed by atoms with van der Waals surface area (Å²) in [6, 6.07) is 5.91. The Balaban J connectivity index is 1.69. The van der Waals surface area contributed by atoms with Crippen LogP contribution in [0.1, 0.15) is 5.56 Å². The largest absolute Gasteiger partial charge is 0.329 e. The van der Waals surface area contributed by atoms with Crippen molar-refractivity contribution < 1.29 is 0 Å². The number of thiophene rings is 1. The minimum absolute atomic E-state index is 0.224. The molecule has 0 saturated heterocycles. The Labute approximate surface area is 147 Å². The molecule has 0 fully saturated rings. The number of anilines is 2. The van der Waals surface area contributed by atoms with Crippen LogP contribution in [0.4, 0.5) is 10.8 Å². The fourth-order valence-corrected chi connectivity index (χ4v) is 3.40. The molecule has 7 nitrogen and oxygen atoms in total. The molecule has 0 unspecified atom stereocenters. The number of fused-ring (bicyclic) bond motifs is 1. The first-order chi connectivity index (χ1) is 12.1. The molecule has 0 aromatic carbocycles. The lowest BCUT2D eigenvalue weighted by Gasteiger charge is -2.11. The second-order valence-corrected chi connectivity index (χ2v) is 6.51. The maximum atomic E-state index is 8.46. The van der Waals surface area contributed by atoms with Gasteiger partial charge in [0.2, 0.25) is 0 Å². The molecule has 0 bridgehead atoms. The molecule has 124 valence electrons. The highest BCUT2D eigenvalue weighted by Crippen LogP contribution is 2.29. The van der Waals surface area contributed by atoms with E-state index in [0.29, 0.717) is 11.5 Å². The predicted octanol–water partition coefficient (Wildman–Crippen LogP) is 2.97. The summed E-state index contributed by atoms with van der Waals surface area (Å²) < 4.78 is 3.38. The van der Waals surface area contributed by atoms with Gasteiger partial charge >= 0.3 is 0 Å². The molecular formula is C17H15N7S. The number of hydrogen-bond donors (Lipinski definition) is 2. The van der Waals surface area contributed by atoms with Gasteiger partial charge in [-0.3, -0.25) is 14.7 Å². The maximum absolute atomic E-state index is 8.46. The van der Waals surface area contributed by atoms with Gasteiger partial charge in [0, 0.05) is 42.8 Å². The molecule has 2 N–H and O–H groups in total. The van der Waals surface area contributed by atoms with Crippen LogP contribution in [-0.2, 0) is 7.05 Å². The van der Waals surface area contributed by atoms with Crippen LogP contribution in [0.25, 0.3) is 15.9 Å². The smallest absolute Gasteiger partial charge is 0.174 e. The Hall–Kier alpha value is -3.26. The second-order valence-electron chi connectivity index (χ2n) is 5.48. The van der Waals surface area contributed by atoms with E-state index < -0.39 is 0 Å². The molecule has 4 rings (SSSR count). The lowest BCUT2D eigenvalue weighted by molar-refractivity contribution is 0.767. The summed E-state index contributed by atoms with van der Waals surface area (Å²) in [5.74, 6) is 0.457. The monoisotopic (exact) mass is 349 g/mol. The quantitative estimate of drug-likeness (QED) is 0.593. The van der Waals surface area contributed by atoms with E-state index in [1.54, 1.807) is 34.0 Å². The van der Waals surface area contributed by atoms with Gasteiger partial charge < -0.3 is 5.32 Å². The summed E-state index contributed by atoms with van der Waals surface area (Å²) in [5.41, 5.74) is 1.74. The van der Waals surface area contributed by atoms with Crippen LogP contribution in [-0.4, -0.2) is 24.3 Å². The topological polar surface area (TPSA) is 84.4 Å². The summed E-state index contributed by atoms with van der Waals surface area (Å²) in [6.07, 6.45) is 8.72. The molecule has 4 heterocycles. The molecule has 25 heavy (non-hydrogen) atoms. The molecule has 0 atom stereocenters. The molecule has 8 heteroatoms. The summed E-state index contributed by atoms with van der Waals surface area (Å²) in [4.78, 5) is 9.57. The van der Waals surface area contributed by atoms with Gasteiger partial charge in [-0.15, -0.1) is 0 Å². The van der Waals surface area contributed by atoms with Crippen molar-refractivity contribution >= 4 is 38.1 Å². The Kier molecular flexibility index (Phi) is 3.66. The number of rotatable bonds is 4. The molecular weight excluding hydrogens is 334 g/mol. The van der Waals surface area contributed by atoms with E-state index in [0.717, 1.165) is 20.8 Å². The summed E-state index contributed by atoms with van der Waals surface area (Å²) in [6.45, 7) is 4.08. The third-order valence-electron chi connectivity index (χ3n) is 3.75. The van der Waals surface area contributed by atoms with Crippen LogP contribution < -0.4 is 10.8 Å². The van der Waals surface area contributed by atoms with Gasteiger partial charge in [-0.05, 0) is 12.1 Å². The minimum Gasteiger partial charge on any atom is -0.329 e. The van der Waals surface area contributed by atoms with Crippen molar-refractivity contribution in [2.45, 2.75) is 0 Å². The van der Waals surface area contributed by atoms with Crippen molar-refractivity contribution in [3.05, 3.63) is 66.8 Å². The van der Waals surface area contributed by atoms with Crippen LogP contribution in [0.3, 0.4) is 0 Å². The first-order valence-electron chi connectivity index (χ1n) is 7.54. The van der Waals surface area contributed by atoms with Gasteiger partial charge in [0.05, 0.1) is 16.9 Å². The molecule has 4 aromatic heterocycles. The van der Waals surface area contributed by atoms with Crippen molar-refractivity contribution in [1.29, 1.82) is 5.41 Å². The number of pyridine rings is 1. The number of hydrogen-bond acceptors (Lipinski definition) is 6. The fourth-order valence-electron chi connectivity index (χ4n) is 2.50. The number of nitrogens with one attached hydrogen (secondary N) is 2. The van der Waals surface area contributed by atoms with Gasteiger partial charge in [-0.2, -0.15) is 5.10 Å². The third kappa shape index (κ3) is 2.83. The van der Waals surface area contributed by atoms with Crippen molar-refractivity contribution in [1.82, 2.24) is 24.3 Å². The second kappa shape index (κ2) is 5.99. The van der Waals surface area contributed by atoms with E-state index in [1.807, 2.05) is 31.4 Å². The number of aromatic nitrogens is 5. The van der Waals surface area contributed by atoms with Crippen LogP contribution in [0, 0.1) is 5.41 Å². The maximum Gasteiger partial charge on any atom is 0.174 e. The summed E-state index contributed by atoms with van der Waals surface area (Å²) in [5, 5.41) is 17.8. The molecule has 0 radical (unpaired) electrons. The van der Waals surface area contributed by atoms with Crippen LogP contribution in [0.15, 0.2) is 55.8 Å². The molecule has 0 saturated carbocycles. The zero-order chi connectivity index (χ0) is 17.4. The van der Waals surface area contributed by atoms with E-state index in [-0.39, 0.29) is 5.49 Å². The Bertz CT molecular complexity index is 1100. The standard InChI is InChI=1S/C17H15N7S/c1-11(13-9-21-23(2)10-13)24-7-6-19-16(15(24)18)22-14-8-12-4-3-5-20-17(12)25-14/h3-10,18H,1H2,2H3,(H,19,22). The lowest BCUT2D eigenvalue weighted by atomic mass is 10.3. The molecule has 0 aliphatic rings. The summed E-state index contributed by atoms with van der Waals surface area (Å²) in [7, 11) is 1.85. The van der Waals surface area contributed by atoms with Gasteiger partial charge in [0.25, 0.3) is 0 Å². The summed E-state index contributed by atoms with van der Waals surface area (Å²) >= 11 is 1.52. The van der Waals surface area contributed by atoms with Gasteiger partial charge in [-0.1, -0.05) is 24.0 Å². The van der Waals surface area contributed by atoms with E-state index in [2.05, 4.69) is 27.0 Å². The highest BCUT2D eigenvalue weighted by Gasteiger charge is 2.09. The fraction of sp³-hybridized carbons (Fsp3) is 0.0588. The van der Waals surface area contributed by atoms with E-state index >= 15 is 0 Å². The molecule has 4 aromatic rings. The first kappa shape index (κ1) is 15.3. The zero-order valence-electron chi connectivity index (χ0n) is 13.5. The lowest BCUT2D eigenvalue weighted by Crippen LogP contribution is -2.22. The SMILES string of the molecule is C=C(c1cnn(C)c1)n1ccnc(Nc2cc3cccnc3s2)c1=N. The Morgan fingerprint density at radius 3 is 2.96 bits per heavy atom. The first-order valence-corrected chi connectivity index (χ1v) is 8.35. The number of aryl methyl sites for hydroxylation is 1. The van der Waals surface area contributed by atoms with Gasteiger partial charge in [0.15, 0.2) is 11.3 Å². The van der Waals surface area contributed by atoms with Crippen molar-refractivity contribution in [2.75, 3.05) is 5.32 Å². The van der Waals surface area contributed by atoms with Gasteiger partial charge in [-0.25, -0.2) is 9.97 Å². The van der Waals surface area contributed by atoms with E-state index in [9.17, 15) is 0 Å². The third-order valence-corrected chi connectivity index (χ3v) is 4.72. The highest BCUT2D eigenvalue weighted by atomic mass is 32.1. The highest BCUT2D eigenvalue weighted by molar-refractivity contribution is 7.22. The van der Waals surface area contributed by atoms with Crippen molar-refractivity contribution in [2.24, 2.45) is 7.05 Å². The van der Waals surface area contributed by atoms with E-state index in [4.69, 9.17) is 5.41 Å². The Morgan fingerprint density at radius 2 is 2.20 bits per heavy atom. The average Bonchev–Trinajstić information content (AvgIpc) is 3.21. The predicted molar refractivity (Wildman–Crippen MR) is 98.6 cm³/mol. The van der Waals surface area contributed by atoms with Crippen molar-refractivity contribution in [3.8, 4) is 0 Å². The normalized spacial score (nSPS) is 10.9. The minimum atomic E-state index is 0.224. The van der Waals surface area contributed by atoms with Crippen LogP contribution >= 0.6 is 11.3 Å². The van der Waals surface area contributed by atoms with Crippen LogP contribution in [0.5, 0.6) is 0 Å².